The molecule has 2 aliphatic rings. The molecular formula is C9H16. The van der Waals surface area contributed by atoms with Gasteiger partial charge >= 0.3 is 0 Å². The van der Waals surface area contributed by atoms with E-state index >= 15 is 0 Å². The van der Waals surface area contributed by atoms with Crippen LogP contribution >= 0.6 is 0 Å². The van der Waals surface area contributed by atoms with Gasteiger partial charge < -0.3 is 0 Å². The number of rotatable bonds is 0. The van der Waals surface area contributed by atoms with E-state index in [4.69, 9.17) is 0 Å². The van der Waals surface area contributed by atoms with Gasteiger partial charge in [0.2, 0.25) is 0 Å². The maximum atomic E-state index is 2.44. The smallest absolute Gasteiger partial charge is 0.0383 e. The van der Waals surface area contributed by atoms with E-state index in [-0.39, 0.29) is 0 Å². The summed E-state index contributed by atoms with van der Waals surface area (Å²) in [5.41, 5.74) is 0. The summed E-state index contributed by atoms with van der Waals surface area (Å²) in [6.45, 7) is 4.88. The molecule has 0 aromatic carbocycles. The lowest BCUT2D eigenvalue weighted by Crippen LogP contribution is -2.15. The van der Waals surface area contributed by atoms with Crippen LogP contribution in [0.5, 0.6) is 0 Å². The summed E-state index contributed by atoms with van der Waals surface area (Å²) in [6.07, 6.45) is 4.63. The second-order valence-electron chi connectivity index (χ2n) is 4.05. The molecule has 2 saturated carbocycles. The summed E-state index contributed by atoms with van der Waals surface area (Å²) in [6, 6.07) is 0. The second kappa shape index (κ2) is 1.74. The molecule has 4 atom stereocenters. The van der Waals surface area contributed by atoms with Crippen molar-refractivity contribution in [3.05, 3.63) is 0 Å². The van der Waals surface area contributed by atoms with Crippen molar-refractivity contribution in [2.24, 2.45) is 23.7 Å². The first-order valence-corrected chi connectivity index (χ1v) is 4.29. The van der Waals surface area contributed by atoms with Crippen LogP contribution in [0, 0.1) is 23.7 Å². The van der Waals surface area contributed by atoms with Crippen LogP contribution in [-0.4, -0.2) is 0 Å². The minimum atomic E-state index is 1.05. The third kappa shape index (κ3) is 0.653. The third-order valence-electron chi connectivity index (χ3n) is 3.83. The van der Waals surface area contributed by atoms with Crippen LogP contribution in [0.4, 0.5) is 0 Å². The standard InChI is InChI=1S/C9H16/c1-6-7(2)9-4-3-8(6)5-9/h6-9H,3-5H2,1-2H3/t6?,7?,8-,9+. The van der Waals surface area contributed by atoms with Gasteiger partial charge in [0.05, 0.1) is 0 Å². The number of hydrogen-bond acceptors (Lipinski definition) is 0. The summed E-state index contributed by atoms with van der Waals surface area (Å²) in [4.78, 5) is 0. The molecule has 9 heavy (non-hydrogen) atoms. The summed E-state index contributed by atoms with van der Waals surface area (Å²) >= 11 is 0. The lowest BCUT2D eigenvalue weighted by Gasteiger charge is -2.24. The highest BCUT2D eigenvalue weighted by Crippen LogP contribution is 2.51. The van der Waals surface area contributed by atoms with Gasteiger partial charge in [-0.2, -0.15) is 0 Å². The van der Waals surface area contributed by atoms with Crippen LogP contribution in [-0.2, 0) is 0 Å². The van der Waals surface area contributed by atoms with Crippen LogP contribution in [0.25, 0.3) is 0 Å². The second-order valence-corrected chi connectivity index (χ2v) is 4.05. The molecule has 0 amide bonds. The van der Waals surface area contributed by atoms with Crippen molar-refractivity contribution < 1.29 is 0 Å². The SMILES string of the molecule is CC1C(C)[C@H]2CC[C@@H]1C2. The maximum absolute atomic E-state index is 2.44. The minimum absolute atomic E-state index is 1.05. The third-order valence-corrected chi connectivity index (χ3v) is 3.83. The van der Waals surface area contributed by atoms with E-state index < -0.39 is 0 Å². The molecule has 2 unspecified atom stereocenters. The van der Waals surface area contributed by atoms with Gasteiger partial charge in [-0.1, -0.05) is 13.8 Å². The Morgan fingerprint density at radius 2 is 1.33 bits per heavy atom. The van der Waals surface area contributed by atoms with E-state index in [1.54, 1.807) is 6.42 Å². The van der Waals surface area contributed by atoms with Crippen LogP contribution in [0.2, 0.25) is 0 Å². The quantitative estimate of drug-likeness (QED) is 0.465. The maximum Gasteiger partial charge on any atom is -0.0383 e. The van der Waals surface area contributed by atoms with Crippen LogP contribution < -0.4 is 0 Å². The van der Waals surface area contributed by atoms with E-state index in [1.165, 1.54) is 12.8 Å². The van der Waals surface area contributed by atoms with E-state index in [9.17, 15) is 0 Å². The molecule has 0 aromatic rings. The molecule has 2 fully saturated rings. The van der Waals surface area contributed by atoms with Crippen LogP contribution in [0.3, 0.4) is 0 Å². The zero-order chi connectivity index (χ0) is 6.43. The van der Waals surface area contributed by atoms with Crippen molar-refractivity contribution in [1.29, 1.82) is 0 Å². The Morgan fingerprint density at radius 1 is 0.889 bits per heavy atom. The molecule has 0 nitrogen and oxygen atoms in total. The molecule has 0 N–H and O–H groups in total. The Balaban J connectivity index is 2.15. The minimum Gasteiger partial charge on any atom is -0.0620 e. The monoisotopic (exact) mass is 124 g/mol. The average molecular weight is 124 g/mol. The average Bonchev–Trinajstić information content (AvgIpc) is 2.37. The van der Waals surface area contributed by atoms with Gasteiger partial charge in [0.15, 0.2) is 0 Å². The molecule has 0 radical (unpaired) electrons. The molecule has 2 bridgehead atoms. The summed E-state index contributed by atoms with van der Waals surface area (Å²) in [5, 5.41) is 0. The lowest BCUT2D eigenvalue weighted by atomic mass is 9.82. The zero-order valence-electron chi connectivity index (χ0n) is 6.43. The van der Waals surface area contributed by atoms with Gasteiger partial charge in [-0.3, -0.25) is 0 Å². The van der Waals surface area contributed by atoms with Crippen molar-refractivity contribution >= 4 is 0 Å². The zero-order valence-corrected chi connectivity index (χ0v) is 6.43. The van der Waals surface area contributed by atoms with Crippen molar-refractivity contribution in [3.8, 4) is 0 Å². The molecule has 0 spiro atoms. The summed E-state index contributed by atoms with van der Waals surface area (Å²) < 4.78 is 0. The van der Waals surface area contributed by atoms with Crippen molar-refractivity contribution in [3.63, 3.8) is 0 Å². The predicted molar refractivity (Wildman–Crippen MR) is 39.2 cm³/mol. The molecule has 2 aliphatic carbocycles. The Bertz CT molecular complexity index is 99.2. The molecule has 0 aliphatic heterocycles. The Labute approximate surface area is 57.6 Å². The summed E-state index contributed by atoms with van der Waals surface area (Å²) in [5.74, 6) is 4.32. The highest BCUT2D eigenvalue weighted by atomic mass is 14.5. The largest absolute Gasteiger partial charge is 0.0620 e. The predicted octanol–water partition coefficient (Wildman–Crippen LogP) is 2.69. The molecule has 0 heteroatoms. The van der Waals surface area contributed by atoms with Gasteiger partial charge in [-0.05, 0) is 42.9 Å². The van der Waals surface area contributed by atoms with Gasteiger partial charge in [-0.15, -0.1) is 0 Å². The van der Waals surface area contributed by atoms with E-state index in [2.05, 4.69) is 13.8 Å². The first-order valence-electron chi connectivity index (χ1n) is 4.29. The van der Waals surface area contributed by atoms with Gasteiger partial charge in [-0.25, -0.2) is 0 Å². The van der Waals surface area contributed by atoms with Crippen molar-refractivity contribution in [2.45, 2.75) is 33.1 Å². The molecule has 0 heterocycles. The van der Waals surface area contributed by atoms with Crippen LogP contribution in [0.1, 0.15) is 33.1 Å². The molecule has 52 valence electrons. The Kier molecular flexibility index (Phi) is 1.12. The van der Waals surface area contributed by atoms with Crippen molar-refractivity contribution in [1.82, 2.24) is 0 Å². The topological polar surface area (TPSA) is 0 Å². The molecule has 0 saturated heterocycles. The van der Waals surface area contributed by atoms with E-state index in [0.717, 1.165) is 23.7 Å². The highest BCUT2D eigenvalue weighted by molar-refractivity contribution is 4.92. The van der Waals surface area contributed by atoms with Crippen LogP contribution in [0.15, 0.2) is 0 Å². The molecular weight excluding hydrogens is 108 g/mol. The molecule has 2 rings (SSSR count). The lowest BCUT2D eigenvalue weighted by molar-refractivity contribution is 0.259. The van der Waals surface area contributed by atoms with Gasteiger partial charge in [0, 0.05) is 0 Å². The van der Waals surface area contributed by atoms with Gasteiger partial charge in [0.1, 0.15) is 0 Å². The van der Waals surface area contributed by atoms with E-state index in [1.807, 2.05) is 0 Å². The fourth-order valence-corrected chi connectivity index (χ4v) is 2.87. The van der Waals surface area contributed by atoms with Crippen molar-refractivity contribution in [2.75, 3.05) is 0 Å². The van der Waals surface area contributed by atoms with E-state index in [0.29, 0.717) is 0 Å². The fraction of sp³-hybridized carbons (Fsp3) is 1.00. The molecule has 0 aromatic heterocycles. The number of hydrogen-bond donors (Lipinski definition) is 0. The Morgan fingerprint density at radius 3 is 1.56 bits per heavy atom. The number of fused-ring (bicyclic) bond motifs is 2. The first kappa shape index (κ1) is 5.76. The fourth-order valence-electron chi connectivity index (χ4n) is 2.87. The highest BCUT2D eigenvalue weighted by Gasteiger charge is 2.42. The Hall–Kier alpha value is 0. The normalized spacial score (nSPS) is 56.7. The van der Waals surface area contributed by atoms with Gasteiger partial charge in [0.25, 0.3) is 0 Å². The summed E-state index contributed by atoms with van der Waals surface area (Å²) in [7, 11) is 0. The first-order chi connectivity index (χ1) is 4.29.